The molecule has 0 aliphatic carbocycles. The number of carbonyl (C=O) groups excluding carboxylic acids is 2. The summed E-state index contributed by atoms with van der Waals surface area (Å²) in [6.45, 7) is 2.88. The van der Waals surface area contributed by atoms with E-state index in [0.29, 0.717) is 22.5 Å². The van der Waals surface area contributed by atoms with Gasteiger partial charge in [-0.2, -0.15) is 4.73 Å². The first kappa shape index (κ1) is 14.5. The molecule has 2 atom stereocenters. The lowest BCUT2D eigenvalue weighted by molar-refractivity contribution is -0.145. The number of fused-ring (bicyclic) bond motifs is 1. The van der Waals surface area contributed by atoms with Crippen molar-refractivity contribution in [1.29, 1.82) is 0 Å². The number of carbonyl (C=O) groups is 2. The Hall–Kier alpha value is -2.41. The zero-order valence-electron chi connectivity index (χ0n) is 12.4. The second-order valence-corrected chi connectivity index (χ2v) is 5.48. The van der Waals surface area contributed by atoms with Crippen molar-refractivity contribution in [3.8, 4) is 0 Å². The molecular formula is C15H17N3O4. The van der Waals surface area contributed by atoms with Gasteiger partial charge in [-0.05, 0) is 37.1 Å². The van der Waals surface area contributed by atoms with E-state index in [-0.39, 0.29) is 12.0 Å². The van der Waals surface area contributed by atoms with Gasteiger partial charge in [0.05, 0.1) is 18.2 Å². The molecule has 1 aromatic heterocycles. The quantitative estimate of drug-likeness (QED) is 0.844. The molecule has 7 nitrogen and oxygen atoms in total. The summed E-state index contributed by atoms with van der Waals surface area (Å²) in [6.07, 6.45) is 2.17. The van der Waals surface area contributed by atoms with Gasteiger partial charge in [0.15, 0.2) is 0 Å². The fraction of sp³-hybridized carbons (Fsp3) is 0.400. The molecule has 1 aliphatic rings. The standard InChI is InChI=1S/C15H17N3O4/c1-9-5-12(16-7-9)15(20)22-18-8-17-11-4-3-10(6-13(11)18)14(19)21-2/h3-4,6,8-9,12,16H,5,7H2,1-2H3. The van der Waals surface area contributed by atoms with Crippen LogP contribution in [0.5, 0.6) is 0 Å². The largest absolute Gasteiger partial charge is 0.465 e. The van der Waals surface area contributed by atoms with Gasteiger partial charge in [0.1, 0.15) is 17.9 Å². The number of ether oxygens (including phenoxy) is 1. The summed E-state index contributed by atoms with van der Waals surface area (Å²) in [6, 6.07) is 4.58. The lowest BCUT2D eigenvalue weighted by Crippen LogP contribution is -2.37. The van der Waals surface area contributed by atoms with Crippen LogP contribution in [0, 0.1) is 5.92 Å². The zero-order valence-corrected chi connectivity index (χ0v) is 12.4. The van der Waals surface area contributed by atoms with E-state index in [9.17, 15) is 9.59 Å². The van der Waals surface area contributed by atoms with Crippen LogP contribution in [0.2, 0.25) is 0 Å². The van der Waals surface area contributed by atoms with Gasteiger partial charge in [-0.25, -0.2) is 14.6 Å². The fourth-order valence-electron chi connectivity index (χ4n) is 2.56. The molecule has 1 N–H and O–H groups in total. The summed E-state index contributed by atoms with van der Waals surface area (Å²) in [5.74, 6) is -0.359. The molecule has 7 heteroatoms. The van der Waals surface area contributed by atoms with E-state index in [1.54, 1.807) is 18.2 Å². The van der Waals surface area contributed by atoms with Crippen LogP contribution in [0.15, 0.2) is 24.5 Å². The number of hydrogen-bond donors (Lipinski definition) is 1. The number of nitrogens with one attached hydrogen (secondary N) is 1. The Morgan fingerprint density at radius 3 is 2.91 bits per heavy atom. The van der Waals surface area contributed by atoms with Crippen LogP contribution in [0.1, 0.15) is 23.7 Å². The number of rotatable bonds is 3. The van der Waals surface area contributed by atoms with Crippen LogP contribution in [0.4, 0.5) is 0 Å². The minimum atomic E-state index is -0.452. The third-order valence-electron chi connectivity index (χ3n) is 3.76. The number of nitrogens with zero attached hydrogens (tertiary/aromatic N) is 2. The molecule has 0 saturated carbocycles. The molecule has 22 heavy (non-hydrogen) atoms. The molecule has 0 bridgehead atoms. The Labute approximate surface area is 127 Å². The zero-order chi connectivity index (χ0) is 15.7. The maximum atomic E-state index is 12.2. The van der Waals surface area contributed by atoms with Crippen LogP contribution in [-0.2, 0) is 9.53 Å². The summed E-state index contributed by atoms with van der Waals surface area (Å²) in [4.78, 5) is 33.3. The predicted octanol–water partition coefficient (Wildman–Crippen LogP) is 0.776. The van der Waals surface area contributed by atoms with Crippen molar-refractivity contribution in [2.24, 2.45) is 5.92 Å². The highest BCUT2D eigenvalue weighted by atomic mass is 16.7. The van der Waals surface area contributed by atoms with Crippen molar-refractivity contribution in [2.75, 3.05) is 13.7 Å². The average Bonchev–Trinajstić information content (AvgIpc) is 3.13. The van der Waals surface area contributed by atoms with Crippen molar-refractivity contribution in [3.63, 3.8) is 0 Å². The summed E-state index contributed by atoms with van der Waals surface area (Å²) >= 11 is 0. The van der Waals surface area contributed by atoms with Crippen molar-refractivity contribution < 1.29 is 19.2 Å². The Morgan fingerprint density at radius 2 is 2.23 bits per heavy atom. The second kappa shape index (κ2) is 5.76. The highest BCUT2D eigenvalue weighted by Gasteiger charge is 2.29. The van der Waals surface area contributed by atoms with Crippen LogP contribution in [-0.4, -0.2) is 41.3 Å². The minimum Gasteiger partial charge on any atom is -0.465 e. The van der Waals surface area contributed by atoms with Gasteiger partial charge in [-0.1, -0.05) is 6.92 Å². The van der Waals surface area contributed by atoms with Gasteiger partial charge >= 0.3 is 11.9 Å². The smallest absolute Gasteiger partial charge is 0.349 e. The molecule has 0 amide bonds. The van der Waals surface area contributed by atoms with Crippen LogP contribution >= 0.6 is 0 Å². The summed E-state index contributed by atoms with van der Waals surface area (Å²) < 4.78 is 5.98. The Kier molecular flexibility index (Phi) is 3.81. The molecule has 0 spiro atoms. The highest BCUT2D eigenvalue weighted by Crippen LogP contribution is 2.17. The van der Waals surface area contributed by atoms with E-state index < -0.39 is 5.97 Å². The molecule has 1 saturated heterocycles. The predicted molar refractivity (Wildman–Crippen MR) is 78.2 cm³/mol. The first-order valence-corrected chi connectivity index (χ1v) is 7.09. The average molecular weight is 303 g/mol. The van der Waals surface area contributed by atoms with Gasteiger partial charge in [-0.3, -0.25) is 0 Å². The third-order valence-corrected chi connectivity index (χ3v) is 3.76. The molecule has 2 aromatic rings. The van der Waals surface area contributed by atoms with Crippen molar-refractivity contribution in [1.82, 2.24) is 15.0 Å². The fourth-order valence-corrected chi connectivity index (χ4v) is 2.56. The molecule has 3 rings (SSSR count). The topological polar surface area (TPSA) is 82.4 Å². The van der Waals surface area contributed by atoms with E-state index in [4.69, 9.17) is 4.84 Å². The summed E-state index contributed by atoms with van der Waals surface area (Å²) in [7, 11) is 1.32. The Balaban J connectivity index is 1.84. The van der Waals surface area contributed by atoms with E-state index in [0.717, 1.165) is 13.0 Å². The van der Waals surface area contributed by atoms with Gasteiger partial charge in [0, 0.05) is 0 Å². The maximum absolute atomic E-state index is 12.2. The normalized spacial score (nSPS) is 21.0. The summed E-state index contributed by atoms with van der Waals surface area (Å²) in [5.41, 5.74) is 1.55. The lowest BCUT2D eigenvalue weighted by Gasteiger charge is -2.10. The number of imidazole rings is 1. The van der Waals surface area contributed by atoms with Gasteiger partial charge in [-0.15, -0.1) is 0 Å². The monoisotopic (exact) mass is 303 g/mol. The van der Waals surface area contributed by atoms with Crippen LogP contribution in [0.3, 0.4) is 0 Å². The molecule has 2 heterocycles. The van der Waals surface area contributed by atoms with Crippen molar-refractivity contribution in [3.05, 3.63) is 30.1 Å². The Bertz CT molecular complexity index is 725. The molecule has 2 unspecified atom stereocenters. The molecule has 1 aromatic carbocycles. The van der Waals surface area contributed by atoms with E-state index in [1.807, 2.05) is 0 Å². The number of esters is 1. The molecule has 1 fully saturated rings. The lowest BCUT2D eigenvalue weighted by atomic mass is 10.1. The van der Waals surface area contributed by atoms with Crippen LogP contribution in [0.25, 0.3) is 11.0 Å². The summed E-state index contributed by atoms with van der Waals surface area (Å²) in [5, 5.41) is 3.12. The molecule has 116 valence electrons. The number of benzene rings is 1. The first-order valence-electron chi connectivity index (χ1n) is 7.09. The van der Waals surface area contributed by atoms with Crippen molar-refractivity contribution in [2.45, 2.75) is 19.4 Å². The molecule has 0 radical (unpaired) electrons. The van der Waals surface area contributed by atoms with E-state index in [1.165, 1.54) is 18.2 Å². The molecular weight excluding hydrogens is 286 g/mol. The number of hydrogen-bond acceptors (Lipinski definition) is 6. The highest BCUT2D eigenvalue weighted by molar-refractivity contribution is 5.93. The van der Waals surface area contributed by atoms with E-state index >= 15 is 0 Å². The van der Waals surface area contributed by atoms with Gasteiger partial charge in [0.2, 0.25) is 0 Å². The SMILES string of the molecule is COC(=O)c1ccc2ncn(OC(=O)C3CC(C)CN3)c2c1. The molecule has 1 aliphatic heterocycles. The number of aromatic nitrogens is 2. The Morgan fingerprint density at radius 1 is 1.41 bits per heavy atom. The van der Waals surface area contributed by atoms with Crippen molar-refractivity contribution >= 4 is 23.0 Å². The first-order chi connectivity index (χ1) is 10.6. The van der Waals surface area contributed by atoms with Gasteiger partial charge in [0.25, 0.3) is 0 Å². The van der Waals surface area contributed by atoms with Gasteiger partial charge < -0.3 is 14.9 Å². The minimum absolute atomic E-state index is 0.309. The number of methoxy groups -OCH3 is 1. The van der Waals surface area contributed by atoms with Crippen LogP contribution < -0.4 is 10.2 Å². The second-order valence-electron chi connectivity index (χ2n) is 5.48. The third kappa shape index (κ3) is 2.67. The maximum Gasteiger partial charge on any atom is 0.349 e. The van der Waals surface area contributed by atoms with E-state index in [2.05, 4.69) is 22.0 Å².